The molecule has 0 aliphatic rings. The summed E-state index contributed by atoms with van der Waals surface area (Å²) >= 11 is 19.0. The third-order valence-corrected chi connectivity index (χ3v) is 6.26. The van der Waals surface area contributed by atoms with Gasteiger partial charge in [0.15, 0.2) is 0 Å². The minimum atomic E-state index is -0.0856. The zero-order valence-corrected chi connectivity index (χ0v) is 12.5. The Balaban J connectivity index is 2.31. The van der Waals surface area contributed by atoms with Gasteiger partial charge < -0.3 is 0 Å². The van der Waals surface area contributed by atoms with Crippen LogP contribution in [-0.2, 0) is 0 Å². The van der Waals surface area contributed by atoms with E-state index < -0.39 is 0 Å². The number of thiophene rings is 2. The Hall–Kier alpha value is 0.460. The third-order valence-electron chi connectivity index (χ3n) is 1.92. The van der Waals surface area contributed by atoms with E-state index in [1.54, 1.807) is 22.7 Å². The Labute approximate surface area is 115 Å². The standard InChI is InChI=1S/C10H7BrCl2S2/c1-5-2-3-7(14-5)9(13)8-4-6(12)10(11)15-8/h2-4,9H,1H3. The molecule has 2 aromatic rings. The second-order valence-electron chi connectivity index (χ2n) is 3.08. The molecule has 0 aromatic carbocycles. The maximum Gasteiger partial charge on any atom is 0.102 e. The van der Waals surface area contributed by atoms with Gasteiger partial charge in [-0.25, -0.2) is 0 Å². The highest BCUT2D eigenvalue weighted by molar-refractivity contribution is 9.11. The molecule has 0 radical (unpaired) electrons. The second-order valence-corrected chi connectivity index (χ2v) is 7.65. The van der Waals surface area contributed by atoms with E-state index in [4.69, 9.17) is 23.2 Å². The Morgan fingerprint density at radius 2 is 2.00 bits per heavy atom. The lowest BCUT2D eigenvalue weighted by atomic mass is 10.3. The summed E-state index contributed by atoms with van der Waals surface area (Å²) < 4.78 is 0.943. The van der Waals surface area contributed by atoms with Crippen LogP contribution in [0.5, 0.6) is 0 Å². The highest BCUT2D eigenvalue weighted by atomic mass is 79.9. The van der Waals surface area contributed by atoms with Crippen LogP contribution in [0.4, 0.5) is 0 Å². The van der Waals surface area contributed by atoms with Crippen LogP contribution in [0.2, 0.25) is 5.02 Å². The highest BCUT2D eigenvalue weighted by Crippen LogP contribution is 2.41. The third kappa shape index (κ3) is 2.59. The van der Waals surface area contributed by atoms with Gasteiger partial charge in [-0.1, -0.05) is 11.6 Å². The SMILES string of the molecule is Cc1ccc(C(Cl)c2cc(Cl)c(Br)s2)s1. The van der Waals surface area contributed by atoms with Crippen molar-refractivity contribution >= 4 is 61.8 Å². The molecule has 2 aromatic heterocycles. The zero-order valence-electron chi connectivity index (χ0n) is 7.76. The molecule has 0 spiro atoms. The van der Waals surface area contributed by atoms with Crippen LogP contribution in [-0.4, -0.2) is 0 Å². The van der Waals surface area contributed by atoms with Crippen LogP contribution >= 0.6 is 61.8 Å². The summed E-state index contributed by atoms with van der Waals surface area (Å²) in [5.41, 5.74) is 0. The van der Waals surface area contributed by atoms with Gasteiger partial charge in [0.05, 0.1) is 8.81 Å². The molecule has 0 saturated heterocycles. The molecular weight excluding hydrogens is 335 g/mol. The smallest absolute Gasteiger partial charge is 0.102 e. The van der Waals surface area contributed by atoms with E-state index in [1.165, 1.54) is 9.75 Å². The molecule has 80 valence electrons. The van der Waals surface area contributed by atoms with Gasteiger partial charge in [0, 0.05) is 14.6 Å². The molecule has 2 heterocycles. The highest BCUT2D eigenvalue weighted by Gasteiger charge is 2.16. The molecule has 0 fully saturated rings. The van der Waals surface area contributed by atoms with Gasteiger partial charge in [0.2, 0.25) is 0 Å². The van der Waals surface area contributed by atoms with Crippen LogP contribution in [0, 0.1) is 6.92 Å². The van der Waals surface area contributed by atoms with Crippen molar-refractivity contribution in [2.75, 3.05) is 0 Å². The largest absolute Gasteiger partial charge is 0.144 e. The molecule has 0 amide bonds. The molecule has 15 heavy (non-hydrogen) atoms. The van der Waals surface area contributed by atoms with Crippen molar-refractivity contribution in [1.82, 2.24) is 0 Å². The van der Waals surface area contributed by atoms with E-state index >= 15 is 0 Å². The summed E-state index contributed by atoms with van der Waals surface area (Å²) in [6.45, 7) is 2.08. The first-order valence-electron chi connectivity index (χ1n) is 4.23. The molecule has 0 aliphatic heterocycles. The number of aryl methyl sites for hydroxylation is 1. The van der Waals surface area contributed by atoms with Gasteiger partial charge in [0.25, 0.3) is 0 Å². The monoisotopic (exact) mass is 340 g/mol. The van der Waals surface area contributed by atoms with E-state index in [1.807, 2.05) is 6.07 Å². The van der Waals surface area contributed by atoms with Crippen molar-refractivity contribution in [2.24, 2.45) is 0 Å². The fourth-order valence-corrected chi connectivity index (χ4v) is 4.31. The quantitative estimate of drug-likeness (QED) is 0.600. The van der Waals surface area contributed by atoms with E-state index in [0.29, 0.717) is 0 Å². The molecule has 0 bridgehead atoms. The topological polar surface area (TPSA) is 0 Å². The molecule has 0 saturated carbocycles. The van der Waals surface area contributed by atoms with Crippen LogP contribution in [0.3, 0.4) is 0 Å². The molecule has 2 rings (SSSR count). The lowest BCUT2D eigenvalue weighted by molar-refractivity contribution is 1.24. The molecule has 0 nitrogen and oxygen atoms in total. The van der Waals surface area contributed by atoms with Gasteiger partial charge in [-0.3, -0.25) is 0 Å². The Kier molecular flexibility index (Phi) is 3.79. The van der Waals surface area contributed by atoms with Crippen molar-refractivity contribution in [1.29, 1.82) is 0 Å². The van der Waals surface area contributed by atoms with Crippen molar-refractivity contribution in [3.8, 4) is 0 Å². The summed E-state index contributed by atoms with van der Waals surface area (Å²) in [6.07, 6.45) is 0. The normalized spacial score (nSPS) is 13.1. The number of halogens is 3. The summed E-state index contributed by atoms with van der Waals surface area (Å²) in [4.78, 5) is 3.52. The number of alkyl halides is 1. The molecular formula is C10H7BrCl2S2. The van der Waals surface area contributed by atoms with Crippen LogP contribution < -0.4 is 0 Å². The van der Waals surface area contributed by atoms with Crippen molar-refractivity contribution in [3.63, 3.8) is 0 Å². The summed E-state index contributed by atoms with van der Waals surface area (Å²) in [7, 11) is 0. The fourth-order valence-electron chi connectivity index (χ4n) is 1.22. The van der Waals surface area contributed by atoms with Gasteiger partial charge in [-0.15, -0.1) is 34.3 Å². The van der Waals surface area contributed by atoms with Gasteiger partial charge in [-0.2, -0.15) is 0 Å². The van der Waals surface area contributed by atoms with Crippen molar-refractivity contribution in [2.45, 2.75) is 12.3 Å². The summed E-state index contributed by atoms with van der Waals surface area (Å²) in [5, 5.41) is 0.645. The maximum absolute atomic E-state index is 6.37. The Bertz CT molecular complexity index is 456. The average Bonchev–Trinajstić information content (AvgIpc) is 2.74. The molecule has 0 aliphatic carbocycles. The molecule has 1 unspecified atom stereocenters. The van der Waals surface area contributed by atoms with Gasteiger partial charge in [-0.05, 0) is 41.1 Å². The lowest BCUT2D eigenvalue weighted by Crippen LogP contribution is -1.84. The maximum atomic E-state index is 6.37. The zero-order chi connectivity index (χ0) is 11.0. The minimum absolute atomic E-state index is 0.0856. The number of hydrogen-bond acceptors (Lipinski definition) is 2. The first-order valence-corrected chi connectivity index (χ1v) is 7.47. The molecule has 0 N–H and O–H groups in total. The Morgan fingerprint density at radius 3 is 2.47 bits per heavy atom. The van der Waals surface area contributed by atoms with Crippen LogP contribution in [0.1, 0.15) is 20.0 Å². The van der Waals surface area contributed by atoms with E-state index in [2.05, 4.69) is 35.0 Å². The lowest BCUT2D eigenvalue weighted by Gasteiger charge is -2.02. The van der Waals surface area contributed by atoms with E-state index in [-0.39, 0.29) is 5.38 Å². The predicted molar refractivity (Wildman–Crippen MR) is 73.8 cm³/mol. The van der Waals surface area contributed by atoms with Gasteiger partial charge in [0.1, 0.15) is 5.38 Å². The predicted octanol–water partition coefficient (Wildman–Crippen LogP) is 5.86. The minimum Gasteiger partial charge on any atom is -0.144 e. The summed E-state index contributed by atoms with van der Waals surface area (Å²) in [6, 6.07) is 6.07. The number of hydrogen-bond donors (Lipinski definition) is 0. The molecule has 5 heteroatoms. The first kappa shape index (κ1) is 11.9. The second kappa shape index (κ2) is 4.76. The van der Waals surface area contributed by atoms with Crippen molar-refractivity contribution < 1.29 is 0 Å². The van der Waals surface area contributed by atoms with E-state index in [0.717, 1.165) is 13.7 Å². The van der Waals surface area contributed by atoms with Gasteiger partial charge >= 0.3 is 0 Å². The first-order chi connectivity index (χ1) is 7.08. The Morgan fingerprint density at radius 1 is 1.27 bits per heavy atom. The fraction of sp³-hybridized carbons (Fsp3) is 0.200. The van der Waals surface area contributed by atoms with Crippen LogP contribution in [0.25, 0.3) is 0 Å². The van der Waals surface area contributed by atoms with Crippen LogP contribution in [0.15, 0.2) is 22.0 Å². The summed E-state index contributed by atoms with van der Waals surface area (Å²) in [5.74, 6) is 0. The average molecular weight is 342 g/mol. The number of rotatable bonds is 2. The molecule has 1 atom stereocenters. The van der Waals surface area contributed by atoms with Crippen molar-refractivity contribution in [3.05, 3.63) is 41.6 Å². The van der Waals surface area contributed by atoms with E-state index in [9.17, 15) is 0 Å².